The number of carboxylic acid groups (broad SMARTS) is 1. The fourth-order valence-corrected chi connectivity index (χ4v) is 5.98. The number of aromatic carboxylic acids is 1. The Morgan fingerprint density at radius 1 is 1.05 bits per heavy atom. The number of piperidine rings is 1. The van der Waals surface area contributed by atoms with Crippen LogP contribution in [-0.2, 0) is 24.2 Å². The number of rotatable bonds is 8. The summed E-state index contributed by atoms with van der Waals surface area (Å²) >= 11 is 5.91. The van der Waals surface area contributed by atoms with Gasteiger partial charge >= 0.3 is 5.97 Å². The van der Waals surface area contributed by atoms with Crippen molar-refractivity contribution in [1.82, 2.24) is 34.2 Å². The SMILES string of the molecule is O=C(O)c1ccc2nc(CN3CCC(n4ncc5ccc(Cc6ccc(Cl)cc6F)nc54)CC3)n(C[C@@H]3CCO3)c2n1. The minimum Gasteiger partial charge on any atom is -0.477 e. The van der Waals surface area contributed by atoms with Crippen molar-refractivity contribution in [3.8, 4) is 0 Å². The number of imidazole rings is 1. The van der Waals surface area contributed by atoms with Gasteiger partial charge in [0.05, 0.1) is 31.4 Å². The van der Waals surface area contributed by atoms with E-state index in [4.69, 9.17) is 26.3 Å². The maximum Gasteiger partial charge on any atom is 0.354 e. The minimum atomic E-state index is -1.06. The van der Waals surface area contributed by atoms with Crippen molar-refractivity contribution >= 4 is 39.8 Å². The molecule has 0 saturated carbocycles. The molecule has 6 heterocycles. The van der Waals surface area contributed by atoms with Gasteiger partial charge in [0.1, 0.15) is 17.2 Å². The summed E-state index contributed by atoms with van der Waals surface area (Å²) in [6, 6.07) is 12.0. The van der Waals surface area contributed by atoms with Crippen molar-refractivity contribution in [2.24, 2.45) is 0 Å². The summed E-state index contributed by atoms with van der Waals surface area (Å²) in [5.41, 5.74) is 3.41. The molecule has 0 spiro atoms. The maximum absolute atomic E-state index is 14.4. The van der Waals surface area contributed by atoms with E-state index in [1.54, 1.807) is 18.2 Å². The standard InChI is InChI=1S/C30H29ClFN7O3/c31-20-3-1-18(24(32)14-20)13-21-4-2-19-15-33-39(28(19)34-21)22-7-10-37(11-8-22)17-27-35-25-5-6-26(30(40)41)36-29(25)38(27)16-23-9-12-42-23/h1-6,14-15,22-23H,7-13,16-17H2,(H,40,41)/t23-/m0/s1. The van der Waals surface area contributed by atoms with Gasteiger partial charge in [-0.1, -0.05) is 17.7 Å². The van der Waals surface area contributed by atoms with Crippen LogP contribution >= 0.6 is 11.6 Å². The Bertz CT molecular complexity index is 1790. The fraction of sp³-hybridized carbons (Fsp3) is 0.367. The predicted octanol–water partition coefficient (Wildman–Crippen LogP) is 4.88. The van der Waals surface area contributed by atoms with E-state index in [-0.39, 0.29) is 23.7 Å². The number of likely N-dealkylation sites (tertiary alicyclic amines) is 1. The zero-order chi connectivity index (χ0) is 28.8. The lowest BCUT2D eigenvalue weighted by Crippen LogP contribution is -2.36. The molecule has 12 heteroatoms. The highest BCUT2D eigenvalue weighted by Crippen LogP contribution is 2.28. The highest BCUT2D eigenvalue weighted by Gasteiger charge is 2.27. The van der Waals surface area contributed by atoms with Gasteiger partial charge in [-0.25, -0.2) is 28.8 Å². The van der Waals surface area contributed by atoms with Crippen molar-refractivity contribution in [2.75, 3.05) is 19.7 Å². The summed E-state index contributed by atoms with van der Waals surface area (Å²) < 4.78 is 24.1. The first kappa shape index (κ1) is 26.9. The van der Waals surface area contributed by atoms with Gasteiger partial charge in [0.25, 0.3) is 0 Å². The molecule has 1 N–H and O–H groups in total. The lowest BCUT2D eigenvalue weighted by molar-refractivity contribution is -0.0593. The minimum absolute atomic E-state index is 0.00654. The molecule has 4 aromatic heterocycles. The quantitative estimate of drug-likeness (QED) is 0.272. The fourth-order valence-electron chi connectivity index (χ4n) is 5.82. The number of hydrogen-bond donors (Lipinski definition) is 1. The average molecular weight is 590 g/mol. The van der Waals surface area contributed by atoms with Gasteiger partial charge in [0.15, 0.2) is 17.0 Å². The van der Waals surface area contributed by atoms with Crippen LogP contribution in [0.1, 0.15) is 52.9 Å². The molecule has 0 bridgehead atoms. The third kappa shape index (κ3) is 5.23. The second kappa shape index (κ2) is 11.0. The van der Waals surface area contributed by atoms with Crippen molar-refractivity contribution in [3.63, 3.8) is 0 Å². The number of carboxylic acids is 1. The Kier molecular flexibility index (Phi) is 7.09. The van der Waals surface area contributed by atoms with Gasteiger partial charge in [-0.15, -0.1) is 0 Å². The number of fused-ring (bicyclic) bond motifs is 2. The monoisotopic (exact) mass is 589 g/mol. The number of pyridine rings is 2. The summed E-state index contributed by atoms with van der Waals surface area (Å²) in [5, 5.41) is 15.5. The van der Waals surface area contributed by atoms with E-state index in [9.17, 15) is 14.3 Å². The largest absolute Gasteiger partial charge is 0.477 e. The second-order valence-electron chi connectivity index (χ2n) is 11.0. The molecule has 0 radical (unpaired) electrons. The van der Waals surface area contributed by atoms with Crippen LogP contribution in [-0.4, -0.2) is 71.1 Å². The van der Waals surface area contributed by atoms with E-state index < -0.39 is 5.97 Å². The lowest BCUT2D eigenvalue weighted by Gasteiger charge is -2.32. The molecule has 1 aromatic carbocycles. The van der Waals surface area contributed by atoms with Gasteiger partial charge in [-0.2, -0.15) is 5.10 Å². The van der Waals surface area contributed by atoms with E-state index >= 15 is 0 Å². The number of halogens is 2. The van der Waals surface area contributed by atoms with Crippen LogP contribution in [0, 0.1) is 5.82 Å². The first-order valence-electron chi connectivity index (χ1n) is 14.1. The van der Waals surface area contributed by atoms with E-state index in [0.29, 0.717) is 41.3 Å². The Morgan fingerprint density at radius 3 is 2.62 bits per heavy atom. The van der Waals surface area contributed by atoms with Crippen molar-refractivity contribution in [2.45, 2.75) is 50.9 Å². The Balaban J connectivity index is 1.07. The van der Waals surface area contributed by atoms with Gasteiger partial charge in [-0.3, -0.25) is 4.90 Å². The third-order valence-corrected chi connectivity index (χ3v) is 8.46. The predicted molar refractivity (Wildman–Crippen MR) is 154 cm³/mol. The molecule has 2 saturated heterocycles. The molecule has 0 unspecified atom stereocenters. The molecule has 5 aromatic rings. The normalized spacial score (nSPS) is 18.1. The highest BCUT2D eigenvalue weighted by molar-refractivity contribution is 6.30. The molecule has 0 aliphatic carbocycles. The van der Waals surface area contributed by atoms with E-state index in [1.165, 1.54) is 12.1 Å². The van der Waals surface area contributed by atoms with Gasteiger partial charge in [-0.05, 0) is 61.2 Å². The van der Waals surface area contributed by atoms with Gasteiger partial charge < -0.3 is 14.4 Å². The highest BCUT2D eigenvalue weighted by atomic mass is 35.5. The first-order valence-corrected chi connectivity index (χ1v) is 14.5. The molecule has 216 valence electrons. The lowest BCUT2D eigenvalue weighted by atomic mass is 10.0. The van der Waals surface area contributed by atoms with E-state index in [1.807, 2.05) is 27.6 Å². The molecular weight excluding hydrogens is 561 g/mol. The van der Waals surface area contributed by atoms with Crippen molar-refractivity contribution in [1.29, 1.82) is 0 Å². The topological polar surface area (TPSA) is 111 Å². The van der Waals surface area contributed by atoms with Gasteiger partial charge in [0, 0.05) is 42.2 Å². The number of nitrogens with zero attached hydrogens (tertiary/aromatic N) is 7. The molecular formula is C30H29ClFN7O3. The number of ether oxygens (including phenoxy) is 1. The molecule has 42 heavy (non-hydrogen) atoms. The summed E-state index contributed by atoms with van der Waals surface area (Å²) in [6.07, 6.45) is 5.04. The molecule has 0 amide bonds. The van der Waals surface area contributed by atoms with Crippen LogP contribution in [0.2, 0.25) is 5.02 Å². The number of carbonyl (C=O) groups is 1. The van der Waals surface area contributed by atoms with E-state index in [2.05, 4.69) is 15.0 Å². The van der Waals surface area contributed by atoms with Gasteiger partial charge in [0.2, 0.25) is 0 Å². The Morgan fingerprint density at radius 2 is 1.88 bits per heavy atom. The van der Waals surface area contributed by atoms with Crippen LogP contribution < -0.4 is 0 Å². The van der Waals surface area contributed by atoms with Crippen LogP contribution in [0.15, 0.2) is 48.7 Å². The summed E-state index contributed by atoms with van der Waals surface area (Å²) in [7, 11) is 0. The first-order chi connectivity index (χ1) is 20.4. The number of hydrogen-bond acceptors (Lipinski definition) is 7. The summed E-state index contributed by atoms with van der Waals surface area (Å²) in [6.45, 7) is 3.67. The smallest absolute Gasteiger partial charge is 0.354 e. The average Bonchev–Trinajstić information content (AvgIpc) is 3.53. The zero-order valence-electron chi connectivity index (χ0n) is 22.8. The third-order valence-electron chi connectivity index (χ3n) is 8.23. The van der Waals surface area contributed by atoms with Crippen molar-refractivity contribution in [3.05, 3.63) is 82.3 Å². The Labute approximate surface area is 245 Å². The molecule has 2 aliphatic heterocycles. The zero-order valence-corrected chi connectivity index (χ0v) is 23.5. The number of benzene rings is 1. The summed E-state index contributed by atoms with van der Waals surface area (Å²) in [5.74, 6) is -0.533. The second-order valence-corrected chi connectivity index (χ2v) is 11.4. The van der Waals surface area contributed by atoms with Crippen LogP contribution in [0.5, 0.6) is 0 Å². The van der Waals surface area contributed by atoms with Crippen LogP contribution in [0.4, 0.5) is 4.39 Å². The molecule has 2 aliphatic rings. The van der Waals surface area contributed by atoms with Crippen LogP contribution in [0.3, 0.4) is 0 Å². The van der Waals surface area contributed by atoms with Crippen LogP contribution in [0.25, 0.3) is 22.2 Å². The molecule has 7 rings (SSSR count). The number of aromatic nitrogens is 6. The molecule has 10 nitrogen and oxygen atoms in total. The summed E-state index contributed by atoms with van der Waals surface area (Å²) in [4.78, 5) is 28.0. The maximum atomic E-state index is 14.4. The van der Waals surface area contributed by atoms with Crippen molar-refractivity contribution < 1.29 is 19.0 Å². The molecule has 2 fully saturated rings. The Hall–Kier alpha value is -3.93. The van der Waals surface area contributed by atoms with E-state index in [0.717, 1.165) is 61.5 Å². The molecule has 1 atom stereocenters.